The number of anilines is 1. The molecule has 1 aromatic rings. The van der Waals surface area contributed by atoms with E-state index in [1.165, 1.54) is 13.0 Å². The molecule has 0 aliphatic rings. The minimum Gasteiger partial charge on any atom is -0.398 e. The normalized spacial score (nSPS) is 13.6. The fraction of sp³-hybridized carbons (Fsp3) is 0.400. The molecule has 17 heavy (non-hydrogen) atoms. The molecule has 0 amide bonds. The zero-order valence-electron chi connectivity index (χ0n) is 9.57. The number of halogens is 1. The van der Waals surface area contributed by atoms with Crippen molar-refractivity contribution in [2.75, 3.05) is 12.3 Å². The van der Waals surface area contributed by atoms with Gasteiger partial charge in [-0.15, -0.1) is 0 Å². The van der Waals surface area contributed by atoms with Crippen molar-refractivity contribution in [2.45, 2.75) is 24.8 Å². The number of rotatable bonds is 4. The molecule has 96 valence electrons. The van der Waals surface area contributed by atoms with Crippen molar-refractivity contribution in [3.8, 4) is 0 Å². The molecule has 0 aliphatic heterocycles. The van der Waals surface area contributed by atoms with Crippen molar-refractivity contribution in [1.29, 1.82) is 0 Å². The molecular weight excluding hydrogens is 308 g/mol. The molecule has 0 saturated heterocycles. The predicted molar refractivity (Wildman–Crippen MR) is 70.2 cm³/mol. The maximum absolute atomic E-state index is 12.0. The van der Waals surface area contributed by atoms with Crippen LogP contribution in [0.3, 0.4) is 0 Å². The molecule has 0 spiro atoms. The minimum absolute atomic E-state index is 0.0335. The second-order valence-electron chi connectivity index (χ2n) is 3.82. The predicted octanol–water partition coefficient (Wildman–Crippen LogP) is 0.999. The summed E-state index contributed by atoms with van der Waals surface area (Å²) in [7, 11) is -3.65. The van der Waals surface area contributed by atoms with E-state index in [1.54, 1.807) is 13.0 Å². The van der Waals surface area contributed by atoms with Crippen LogP contribution in [0.4, 0.5) is 5.69 Å². The van der Waals surface area contributed by atoms with Crippen LogP contribution < -0.4 is 10.5 Å². The molecule has 0 bridgehead atoms. The molecule has 5 nitrogen and oxygen atoms in total. The molecule has 0 fully saturated rings. The van der Waals surface area contributed by atoms with E-state index in [9.17, 15) is 8.42 Å². The van der Waals surface area contributed by atoms with Crippen LogP contribution in [0.2, 0.25) is 0 Å². The molecular formula is C10H15BrN2O3S. The van der Waals surface area contributed by atoms with Crippen LogP contribution in [0.5, 0.6) is 0 Å². The maximum Gasteiger partial charge on any atom is 0.241 e. The number of sulfonamides is 1. The van der Waals surface area contributed by atoms with Crippen LogP contribution in [-0.2, 0) is 10.0 Å². The van der Waals surface area contributed by atoms with Crippen LogP contribution in [0.25, 0.3) is 0 Å². The lowest BCUT2D eigenvalue weighted by atomic mass is 10.2. The molecule has 1 atom stereocenters. The first-order valence-electron chi connectivity index (χ1n) is 4.97. The van der Waals surface area contributed by atoms with E-state index in [0.29, 0.717) is 15.7 Å². The van der Waals surface area contributed by atoms with E-state index in [4.69, 9.17) is 10.8 Å². The lowest BCUT2D eigenvalue weighted by Crippen LogP contribution is -2.31. The summed E-state index contributed by atoms with van der Waals surface area (Å²) in [5, 5.41) is 9.08. The summed E-state index contributed by atoms with van der Waals surface area (Å²) in [6.45, 7) is 3.11. The molecule has 1 aromatic carbocycles. The third-order valence-corrected chi connectivity index (χ3v) is 4.23. The fourth-order valence-electron chi connectivity index (χ4n) is 1.26. The van der Waals surface area contributed by atoms with Gasteiger partial charge in [0.2, 0.25) is 10.0 Å². The Balaban J connectivity index is 3.15. The van der Waals surface area contributed by atoms with E-state index in [0.717, 1.165) is 0 Å². The number of benzene rings is 1. The van der Waals surface area contributed by atoms with Gasteiger partial charge in [-0.1, -0.05) is 15.9 Å². The lowest BCUT2D eigenvalue weighted by molar-refractivity contribution is 0.198. The van der Waals surface area contributed by atoms with Gasteiger partial charge in [0.1, 0.15) is 0 Å². The molecule has 0 saturated carbocycles. The first-order valence-corrected chi connectivity index (χ1v) is 7.25. The van der Waals surface area contributed by atoms with Gasteiger partial charge < -0.3 is 10.8 Å². The second-order valence-corrected chi connectivity index (χ2v) is 6.47. The first-order chi connectivity index (χ1) is 7.74. The quantitative estimate of drug-likeness (QED) is 0.721. The highest BCUT2D eigenvalue weighted by Crippen LogP contribution is 2.26. The molecule has 0 aliphatic carbocycles. The number of hydrogen-bond donors (Lipinski definition) is 3. The molecule has 0 aromatic heterocycles. The van der Waals surface area contributed by atoms with E-state index in [1.807, 2.05) is 0 Å². The zero-order chi connectivity index (χ0) is 13.2. The van der Waals surface area contributed by atoms with Gasteiger partial charge in [-0.2, -0.15) is 0 Å². The minimum atomic E-state index is -3.65. The van der Waals surface area contributed by atoms with Gasteiger partial charge in [0.25, 0.3) is 0 Å². The van der Waals surface area contributed by atoms with Gasteiger partial charge in [0.15, 0.2) is 0 Å². The summed E-state index contributed by atoms with van der Waals surface area (Å²) in [4.78, 5) is 0.116. The first kappa shape index (κ1) is 14.4. The smallest absolute Gasteiger partial charge is 0.241 e. The lowest BCUT2D eigenvalue weighted by Gasteiger charge is -2.12. The average Bonchev–Trinajstić information content (AvgIpc) is 2.20. The fourth-order valence-corrected chi connectivity index (χ4v) is 3.31. The van der Waals surface area contributed by atoms with Crippen LogP contribution in [-0.4, -0.2) is 26.2 Å². The largest absolute Gasteiger partial charge is 0.398 e. The van der Waals surface area contributed by atoms with Crippen molar-refractivity contribution in [2.24, 2.45) is 0 Å². The van der Waals surface area contributed by atoms with Crippen molar-refractivity contribution < 1.29 is 13.5 Å². The van der Waals surface area contributed by atoms with Gasteiger partial charge in [0, 0.05) is 16.7 Å². The Bertz CT molecular complexity index is 515. The highest BCUT2D eigenvalue weighted by atomic mass is 79.9. The van der Waals surface area contributed by atoms with Crippen molar-refractivity contribution in [3.63, 3.8) is 0 Å². The van der Waals surface area contributed by atoms with Crippen LogP contribution in [0, 0.1) is 6.92 Å². The molecule has 0 unspecified atom stereocenters. The Hall–Kier alpha value is -0.630. The van der Waals surface area contributed by atoms with Crippen molar-refractivity contribution in [3.05, 3.63) is 22.2 Å². The molecule has 1 rings (SSSR count). The molecule has 4 N–H and O–H groups in total. The van der Waals surface area contributed by atoms with E-state index in [2.05, 4.69) is 20.7 Å². The van der Waals surface area contributed by atoms with Crippen molar-refractivity contribution >= 4 is 31.6 Å². The standard InChI is InChI=1S/C10H15BrN2O3S/c1-6(14)5-13-17(15,16)10-4-8(11)3-9(12)7(10)2/h3-4,6,13-14H,5,12H2,1-2H3/t6-/m0/s1. The summed E-state index contributed by atoms with van der Waals surface area (Å²) in [5.74, 6) is 0. The van der Waals surface area contributed by atoms with E-state index < -0.39 is 16.1 Å². The number of aliphatic hydroxyl groups is 1. The van der Waals surface area contributed by atoms with Crippen LogP contribution in [0.15, 0.2) is 21.5 Å². The number of nitrogens with two attached hydrogens (primary N) is 1. The second kappa shape index (κ2) is 5.34. The van der Waals surface area contributed by atoms with Gasteiger partial charge in [-0.05, 0) is 31.5 Å². The monoisotopic (exact) mass is 322 g/mol. The van der Waals surface area contributed by atoms with Gasteiger partial charge >= 0.3 is 0 Å². The Labute approximate surface area is 109 Å². The number of hydrogen-bond acceptors (Lipinski definition) is 4. The van der Waals surface area contributed by atoms with Crippen LogP contribution in [0.1, 0.15) is 12.5 Å². The average molecular weight is 323 g/mol. The van der Waals surface area contributed by atoms with Gasteiger partial charge in [-0.3, -0.25) is 0 Å². The number of nitrogen functional groups attached to an aromatic ring is 1. The summed E-state index contributed by atoms with van der Waals surface area (Å²) in [5.41, 5.74) is 6.59. The Morgan fingerprint density at radius 3 is 2.65 bits per heavy atom. The van der Waals surface area contributed by atoms with E-state index in [-0.39, 0.29) is 11.4 Å². The number of aliphatic hydroxyl groups excluding tert-OH is 1. The van der Waals surface area contributed by atoms with Gasteiger partial charge in [0.05, 0.1) is 11.0 Å². The maximum atomic E-state index is 12.0. The van der Waals surface area contributed by atoms with Crippen molar-refractivity contribution in [1.82, 2.24) is 4.72 Å². The summed E-state index contributed by atoms with van der Waals surface area (Å²) < 4.78 is 26.8. The molecule has 7 heteroatoms. The molecule has 0 heterocycles. The Morgan fingerprint density at radius 1 is 1.53 bits per heavy atom. The SMILES string of the molecule is Cc1c(N)cc(Br)cc1S(=O)(=O)NC[C@H](C)O. The highest BCUT2D eigenvalue weighted by Gasteiger charge is 2.19. The topological polar surface area (TPSA) is 92.4 Å². The summed E-state index contributed by atoms with van der Waals surface area (Å²) in [6, 6.07) is 3.12. The van der Waals surface area contributed by atoms with Gasteiger partial charge in [-0.25, -0.2) is 13.1 Å². The third kappa shape index (κ3) is 3.67. The zero-order valence-corrected chi connectivity index (χ0v) is 12.0. The molecule has 0 radical (unpaired) electrons. The Morgan fingerprint density at radius 2 is 2.12 bits per heavy atom. The highest BCUT2D eigenvalue weighted by molar-refractivity contribution is 9.10. The van der Waals surface area contributed by atoms with E-state index >= 15 is 0 Å². The Kier molecular flexibility index (Phi) is 4.54. The number of nitrogens with one attached hydrogen (secondary N) is 1. The summed E-state index contributed by atoms with van der Waals surface area (Å²) in [6.07, 6.45) is -0.741. The third-order valence-electron chi connectivity index (χ3n) is 2.22. The van der Waals surface area contributed by atoms with Crippen LogP contribution >= 0.6 is 15.9 Å². The summed E-state index contributed by atoms with van der Waals surface area (Å²) >= 11 is 3.20.